The Morgan fingerprint density at radius 2 is 2.36 bits per heavy atom. The second-order valence-electron chi connectivity index (χ2n) is 4.11. The Hall–Kier alpha value is -0.890. The summed E-state index contributed by atoms with van der Waals surface area (Å²) in [6.45, 7) is 7.64. The van der Waals surface area contributed by atoms with E-state index in [0.29, 0.717) is 12.0 Å². The van der Waals surface area contributed by atoms with Gasteiger partial charge in [-0.25, -0.2) is 0 Å². The Balaban J connectivity index is 2.54. The number of nitrogens with one attached hydrogen (secondary N) is 1. The zero-order chi connectivity index (χ0) is 10.6. The molecule has 0 amide bonds. The summed E-state index contributed by atoms with van der Waals surface area (Å²) in [7, 11) is 0. The monoisotopic (exact) mass is 193 g/mol. The molecule has 0 aromatic rings. The van der Waals surface area contributed by atoms with E-state index >= 15 is 0 Å². The van der Waals surface area contributed by atoms with Crippen molar-refractivity contribution in [1.29, 1.82) is 0 Å². The second kappa shape index (κ2) is 5.11. The molecular weight excluding hydrogens is 174 g/mol. The van der Waals surface area contributed by atoms with Crippen LogP contribution in [0.5, 0.6) is 0 Å². The van der Waals surface area contributed by atoms with Crippen molar-refractivity contribution < 1.29 is 4.79 Å². The van der Waals surface area contributed by atoms with E-state index in [1.54, 1.807) is 0 Å². The molecule has 78 valence electrons. The molecule has 2 nitrogen and oxygen atoms in total. The van der Waals surface area contributed by atoms with Gasteiger partial charge in [0.05, 0.1) is 6.04 Å². The quantitative estimate of drug-likeness (QED) is 0.535. The molecule has 0 aliphatic heterocycles. The van der Waals surface area contributed by atoms with Gasteiger partial charge in [-0.1, -0.05) is 32.6 Å². The van der Waals surface area contributed by atoms with Gasteiger partial charge in [-0.2, -0.15) is 0 Å². The Labute approximate surface area is 86.1 Å². The molecule has 0 aromatic heterocycles. The van der Waals surface area contributed by atoms with Crippen molar-refractivity contribution in [3.05, 3.63) is 24.8 Å². The Kier molecular flexibility index (Phi) is 4.08. The number of hydrogen-bond donors (Lipinski definition) is 1. The van der Waals surface area contributed by atoms with Crippen LogP contribution in [0.15, 0.2) is 24.8 Å². The van der Waals surface area contributed by atoms with E-state index in [-0.39, 0.29) is 11.8 Å². The molecular formula is C12H19NO. The number of allylic oxidation sites excluding steroid dienone is 1. The highest BCUT2D eigenvalue weighted by atomic mass is 16.1. The van der Waals surface area contributed by atoms with Gasteiger partial charge in [-0.3, -0.25) is 4.79 Å². The van der Waals surface area contributed by atoms with Crippen molar-refractivity contribution in [2.24, 2.45) is 5.92 Å². The van der Waals surface area contributed by atoms with Crippen LogP contribution in [-0.2, 0) is 4.79 Å². The van der Waals surface area contributed by atoms with Crippen LogP contribution in [-0.4, -0.2) is 17.9 Å². The number of carbonyl (C=O) groups excluding carboxylic acids is 1. The van der Waals surface area contributed by atoms with E-state index < -0.39 is 0 Å². The van der Waals surface area contributed by atoms with Gasteiger partial charge in [0.15, 0.2) is 5.78 Å². The highest BCUT2D eigenvalue weighted by Crippen LogP contribution is 2.13. The van der Waals surface area contributed by atoms with Crippen molar-refractivity contribution in [1.82, 2.24) is 5.32 Å². The maximum atomic E-state index is 11.5. The van der Waals surface area contributed by atoms with Gasteiger partial charge in [0, 0.05) is 6.04 Å². The Morgan fingerprint density at radius 1 is 1.64 bits per heavy atom. The van der Waals surface area contributed by atoms with Crippen molar-refractivity contribution >= 4 is 5.78 Å². The molecule has 0 saturated carbocycles. The van der Waals surface area contributed by atoms with Crippen LogP contribution < -0.4 is 5.32 Å². The smallest absolute Gasteiger partial charge is 0.172 e. The SMILES string of the molecule is C=CC(=O)C(NC1C=CCC1)C(C)C. The predicted octanol–water partition coefficient (Wildman–Crippen LogP) is 2.07. The van der Waals surface area contributed by atoms with E-state index in [4.69, 9.17) is 0 Å². The van der Waals surface area contributed by atoms with Crippen LogP contribution in [0.25, 0.3) is 0 Å². The van der Waals surface area contributed by atoms with Crippen LogP contribution in [0, 0.1) is 5.92 Å². The number of rotatable bonds is 5. The lowest BCUT2D eigenvalue weighted by Gasteiger charge is -2.23. The highest BCUT2D eigenvalue weighted by molar-refractivity contribution is 5.94. The summed E-state index contributed by atoms with van der Waals surface area (Å²) in [4.78, 5) is 11.5. The molecule has 0 heterocycles. The third kappa shape index (κ3) is 2.81. The first-order valence-electron chi connectivity index (χ1n) is 5.24. The van der Waals surface area contributed by atoms with Crippen LogP contribution in [0.4, 0.5) is 0 Å². The summed E-state index contributed by atoms with van der Waals surface area (Å²) >= 11 is 0. The van der Waals surface area contributed by atoms with Crippen molar-refractivity contribution in [2.75, 3.05) is 0 Å². The number of hydrogen-bond acceptors (Lipinski definition) is 2. The standard InChI is InChI=1S/C12H19NO/c1-4-11(14)12(9(2)3)13-10-7-5-6-8-10/h4-5,7,9-10,12-13H,1,6,8H2,2-3H3. The lowest BCUT2D eigenvalue weighted by molar-refractivity contribution is -0.117. The zero-order valence-corrected chi connectivity index (χ0v) is 8.99. The largest absolute Gasteiger partial charge is 0.301 e. The molecule has 2 heteroatoms. The number of carbonyl (C=O) groups is 1. The summed E-state index contributed by atoms with van der Waals surface area (Å²) < 4.78 is 0. The molecule has 1 N–H and O–H groups in total. The van der Waals surface area contributed by atoms with Crippen molar-refractivity contribution in [3.63, 3.8) is 0 Å². The fourth-order valence-electron chi connectivity index (χ4n) is 1.73. The van der Waals surface area contributed by atoms with Crippen molar-refractivity contribution in [2.45, 2.75) is 38.8 Å². The molecule has 1 aliphatic rings. The average molecular weight is 193 g/mol. The first-order chi connectivity index (χ1) is 6.65. The third-order valence-electron chi connectivity index (χ3n) is 2.58. The molecule has 0 saturated heterocycles. The van der Waals surface area contributed by atoms with Gasteiger partial charge in [0.25, 0.3) is 0 Å². The molecule has 0 aromatic carbocycles. The molecule has 14 heavy (non-hydrogen) atoms. The lowest BCUT2D eigenvalue weighted by atomic mass is 9.98. The third-order valence-corrected chi connectivity index (χ3v) is 2.58. The molecule has 0 spiro atoms. The molecule has 0 fully saturated rings. The minimum Gasteiger partial charge on any atom is -0.301 e. The summed E-state index contributed by atoms with van der Waals surface area (Å²) in [6, 6.07) is 0.284. The zero-order valence-electron chi connectivity index (χ0n) is 8.99. The number of ketones is 1. The minimum atomic E-state index is -0.0831. The van der Waals surface area contributed by atoms with Crippen LogP contribution >= 0.6 is 0 Å². The lowest BCUT2D eigenvalue weighted by Crippen LogP contribution is -2.44. The van der Waals surface area contributed by atoms with Crippen LogP contribution in [0.1, 0.15) is 26.7 Å². The fraction of sp³-hybridized carbons (Fsp3) is 0.583. The molecule has 1 aliphatic carbocycles. The maximum Gasteiger partial charge on any atom is 0.172 e. The van der Waals surface area contributed by atoms with Crippen LogP contribution in [0.2, 0.25) is 0 Å². The first kappa shape index (κ1) is 11.2. The van der Waals surface area contributed by atoms with Gasteiger partial charge in [-0.05, 0) is 24.8 Å². The summed E-state index contributed by atoms with van der Waals surface area (Å²) in [5, 5.41) is 3.36. The summed E-state index contributed by atoms with van der Waals surface area (Å²) in [5.74, 6) is 0.412. The van der Waals surface area contributed by atoms with Crippen LogP contribution in [0.3, 0.4) is 0 Å². The topological polar surface area (TPSA) is 29.1 Å². The van der Waals surface area contributed by atoms with Gasteiger partial charge in [0.2, 0.25) is 0 Å². The Bertz CT molecular complexity index is 243. The second-order valence-corrected chi connectivity index (χ2v) is 4.11. The summed E-state index contributed by atoms with van der Waals surface area (Å²) in [5.41, 5.74) is 0. The molecule has 0 radical (unpaired) electrons. The molecule has 2 atom stereocenters. The molecule has 1 rings (SSSR count). The van der Waals surface area contributed by atoms with E-state index in [1.807, 2.05) is 0 Å². The van der Waals surface area contributed by atoms with Gasteiger partial charge in [0.1, 0.15) is 0 Å². The fourth-order valence-corrected chi connectivity index (χ4v) is 1.73. The highest BCUT2D eigenvalue weighted by Gasteiger charge is 2.22. The predicted molar refractivity (Wildman–Crippen MR) is 59.1 cm³/mol. The van der Waals surface area contributed by atoms with E-state index in [9.17, 15) is 4.79 Å². The first-order valence-corrected chi connectivity index (χ1v) is 5.24. The molecule has 2 unspecified atom stereocenters. The van der Waals surface area contributed by atoms with Gasteiger partial charge < -0.3 is 5.32 Å². The average Bonchev–Trinajstić information content (AvgIpc) is 2.65. The van der Waals surface area contributed by atoms with E-state index in [1.165, 1.54) is 6.08 Å². The van der Waals surface area contributed by atoms with Crippen molar-refractivity contribution in [3.8, 4) is 0 Å². The van der Waals surface area contributed by atoms with E-state index in [0.717, 1.165) is 12.8 Å². The van der Waals surface area contributed by atoms with Gasteiger partial charge in [-0.15, -0.1) is 0 Å². The Morgan fingerprint density at radius 3 is 2.79 bits per heavy atom. The maximum absolute atomic E-state index is 11.5. The van der Waals surface area contributed by atoms with Gasteiger partial charge >= 0.3 is 0 Å². The summed E-state index contributed by atoms with van der Waals surface area (Å²) in [6.07, 6.45) is 7.94. The van der Waals surface area contributed by atoms with E-state index in [2.05, 4.69) is 37.9 Å². The minimum absolute atomic E-state index is 0.0831. The normalized spacial score (nSPS) is 22.6. The molecule has 0 bridgehead atoms.